The van der Waals surface area contributed by atoms with Gasteiger partial charge in [0.25, 0.3) is 0 Å². The predicted octanol–water partition coefficient (Wildman–Crippen LogP) is 16.0. The number of nitrogens with zero attached hydrogens (tertiary/aromatic N) is 4. The molecule has 4 nitrogen and oxygen atoms in total. The zero-order chi connectivity index (χ0) is 43.0. The van der Waals surface area contributed by atoms with Gasteiger partial charge in [-0.05, 0) is 80.2 Å². The molecule has 1 aliphatic carbocycles. The molecule has 0 aliphatic heterocycles. The number of benzene rings is 9. The fourth-order valence-corrected chi connectivity index (χ4v) is 12.2. The van der Waals surface area contributed by atoms with Crippen LogP contribution < -0.4 is 0 Å². The molecule has 0 unspecified atom stereocenters. The first-order valence-electron chi connectivity index (χ1n) is 22.3. The minimum Gasteiger partial charge on any atom is -0.308 e. The molecule has 65 heavy (non-hydrogen) atoms. The van der Waals surface area contributed by atoms with Gasteiger partial charge in [-0.3, -0.25) is 0 Å². The second-order valence-electron chi connectivity index (χ2n) is 17.9. The Hall–Kier alpha value is -7.99. The van der Waals surface area contributed by atoms with Gasteiger partial charge < -0.3 is 4.40 Å². The van der Waals surface area contributed by atoms with E-state index in [0.29, 0.717) is 17.5 Å². The SMILES string of the molecule is CC1(C)c2ccccc2-c2cccc(-c3nc(-c4cccc(-c5ccc(-c6ccccc6)cc5)c4)nc(-c4ccc5c6ccc7sc8cccc9c%10ccccc%10n(c5c4)c6c7c89)n3)c21. The molecule has 304 valence electrons. The number of hydrogen-bond donors (Lipinski definition) is 0. The van der Waals surface area contributed by atoms with Crippen molar-refractivity contribution in [1.29, 1.82) is 0 Å². The van der Waals surface area contributed by atoms with Crippen molar-refractivity contribution in [2.24, 2.45) is 0 Å². The largest absolute Gasteiger partial charge is 0.308 e. The van der Waals surface area contributed by atoms with E-state index in [1.54, 1.807) is 0 Å². The van der Waals surface area contributed by atoms with Crippen LogP contribution >= 0.6 is 11.3 Å². The summed E-state index contributed by atoms with van der Waals surface area (Å²) in [7, 11) is 0. The maximum Gasteiger partial charge on any atom is 0.164 e. The Morgan fingerprint density at radius 2 is 0.954 bits per heavy atom. The van der Waals surface area contributed by atoms with Crippen LogP contribution in [-0.4, -0.2) is 19.4 Å². The van der Waals surface area contributed by atoms with E-state index in [1.807, 2.05) is 11.3 Å². The lowest BCUT2D eigenvalue weighted by molar-refractivity contribution is 0.661. The molecule has 0 spiro atoms. The zero-order valence-electron chi connectivity index (χ0n) is 35.7. The van der Waals surface area contributed by atoms with Crippen molar-refractivity contribution in [3.05, 3.63) is 205 Å². The van der Waals surface area contributed by atoms with Crippen molar-refractivity contribution in [3.63, 3.8) is 0 Å². The molecule has 14 rings (SSSR count). The summed E-state index contributed by atoms with van der Waals surface area (Å²) in [4.78, 5) is 16.2. The average molecular weight is 847 g/mol. The fourth-order valence-electron chi connectivity index (χ4n) is 11.0. The molecule has 4 heterocycles. The molecule has 0 radical (unpaired) electrons. The Bertz CT molecular complexity index is 4080. The molecule has 13 aromatic rings. The van der Waals surface area contributed by atoms with Crippen molar-refractivity contribution in [1.82, 2.24) is 19.4 Å². The molecule has 0 N–H and O–H groups in total. The van der Waals surface area contributed by atoms with Gasteiger partial charge in [-0.2, -0.15) is 0 Å². The molecular weight excluding hydrogens is 809 g/mol. The van der Waals surface area contributed by atoms with Gasteiger partial charge in [0, 0.05) is 58.4 Å². The molecule has 5 heteroatoms. The van der Waals surface area contributed by atoms with E-state index in [1.165, 1.54) is 86.1 Å². The smallest absolute Gasteiger partial charge is 0.164 e. The summed E-state index contributed by atoms with van der Waals surface area (Å²) in [6.07, 6.45) is 0. The lowest BCUT2D eigenvalue weighted by atomic mass is 9.80. The van der Waals surface area contributed by atoms with Crippen molar-refractivity contribution >= 4 is 69.6 Å². The highest BCUT2D eigenvalue weighted by Crippen LogP contribution is 2.52. The van der Waals surface area contributed by atoms with Gasteiger partial charge in [0.2, 0.25) is 0 Å². The van der Waals surface area contributed by atoms with Gasteiger partial charge in [0.05, 0.1) is 16.6 Å². The van der Waals surface area contributed by atoms with Crippen molar-refractivity contribution < 1.29 is 0 Å². The second kappa shape index (κ2) is 13.5. The lowest BCUT2D eigenvalue weighted by Crippen LogP contribution is -2.17. The van der Waals surface area contributed by atoms with Crippen LogP contribution in [-0.2, 0) is 5.41 Å². The first-order valence-corrected chi connectivity index (χ1v) is 23.1. The van der Waals surface area contributed by atoms with Crippen LogP contribution in [0.3, 0.4) is 0 Å². The van der Waals surface area contributed by atoms with Crippen LogP contribution in [0.15, 0.2) is 194 Å². The normalized spacial score (nSPS) is 13.2. The van der Waals surface area contributed by atoms with Crippen LogP contribution in [0.1, 0.15) is 25.0 Å². The van der Waals surface area contributed by atoms with Crippen LogP contribution in [0.5, 0.6) is 0 Å². The predicted molar refractivity (Wildman–Crippen MR) is 272 cm³/mol. The second-order valence-corrected chi connectivity index (χ2v) is 19.0. The average Bonchev–Trinajstić information content (AvgIpc) is 3.96. The minimum atomic E-state index is -0.253. The Kier molecular flexibility index (Phi) is 7.58. The van der Waals surface area contributed by atoms with Gasteiger partial charge in [0.15, 0.2) is 17.5 Å². The van der Waals surface area contributed by atoms with Crippen LogP contribution in [0, 0.1) is 0 Å². The van der Waals surface area contributed by atoms with Gasteiger partial charge >= 0.3 is 0 Å². The van der Waals surface area contributed by atoms with Crippen LogP contribution in [0.2, 0.25) is 0 Å². The quantitative estimate of drug-likeness (QED) is 0.173. The third-order valence-electron chi connectivity index (χ3n) is 14.0. The number of thiophene rings is 1. The Morgan fingerprint density at radius 3 is 1.82 bits per heavy atom. The summed E-state index contributed by atoms with van der Waals surface area (Å²) in [5.74, 6) is 1.95. The van der Waals surface area contributed by atoms with Gasteiger partial charge in [-0.25, -0.2) is 15.0 Å². The standard InChI is InChI=1S/C60H38N4S/c1-60(2)48-22-8-6-17-41(48)45-20-11-21-47(55(45)60)59-62-57(39-16-10-15-38(33-39)37-27-25-36(26-28-37)35-13-4-3-5-14-35)61-58(63-59)40-29-30-43-46-31-32-52-54-53-44(19-12-24-51(53)65-52)42-18-7-9-23-49(42)64(56(46)54)50(43)34-40/h3-34H,1-2H3. The van der Waals surface area contributed by atoms with E-state index in [9.17, 15) is 0 Å². The fraction of sp³-hybridized carbons (Fsp3) is 0.0500. The maximum absolute atomic E-state index is 5.46. The summed E-state index contributed by atoms with van der Waals surface area (Å²) in [5, 5.41) is 7.64. The molecular formula is C60H38N4S. The molecule has 0 fully saturated rings. The Balaban J connectivity index is 1.00. The van der Waals surface area contributed by atoms with Crippen molar-refractivity contribution in [2.75, 3.05) is 0 Å². The number of aromatic nitrogens is 4. The van der Waals surface area contributed by atoms with E-state index in [-0.39, 0.29) is 5.41 Å². The highest BCUT2D eigenvalue weighted by Gasteiger charge is 2.38. The molecule has 0 amide bonds. The van der Waals surface area contributed by atoms with Gasteiger partial charge in [-0.1, -0.05) is 178 Å². The molecule has 0 saturated carbocycles. The Morgan fingerprint density at radius 1 is 0.385 bits per heavy atom. The molecule has 0 saturated heterocycles. The Labute approximate surface area is 379 Å². The van der Waals surface area contributed by atoms with Crippen molar-refractivity contribution in [3.8, 4) is 67.5 Å². The van der Waals surface area contributed by atoms with Gasteiger partial charge in [0.1, 0.15) is 0 Å². The summed E-state index contributed by atoms with van der Waals surface area (Å²) in [6.45, 7) is 4.65. The number of rotatable bonds is 5. The summed E-state index contributed by atoms with van der Waals surface area (Å²) >= 11 is 1.88. The van der Waals surface area contributed by atoms with Crippen molar-refractivity contribution in [2.45, 2.75) is 19.3 Å². The maximum atomic E-state index is 5.46. The summed E-state index contributed by atoms with van der Waals surface area (Å²) in [6, 6.07) is 70.4. The number of hydrogen-bond acceptors (Lipinski definition) is 4. The first-order chi connectivity index (χ1) is 32.0. The number of fused-ring (bicyclic) bond motifs is 9. The van der Waals surface area contributed by atoms with E-state index in [2.05, 4.69) is 212 Å². The van der Waals surface area contributed by atoms with E-state index in [0.717, 1.165) is 33.3 Å². The van der Waals surface area contributed by atoms with E-state index in [4.69, 9.17) is 15.0 Å². The topological polar surface area (TPSA) is 43.1 Å². The summed E-state index contributed by atoms with van der Waals surface area (Å²) < 4.78 is 5.12. The molecule has 9 aromatic carbocycles. The van der Waals surface area contributed by atoms with Gasteiger partial charge in [-0.15, -0.1) is 11.3 Å². The third kappa shape index (κ3) is 5.27. The van der Waals surface area contributed by atoms with E-state index < -0.39 is 0 Å². The van der Waals surface area contributed by atoms with E-state index >= 15 is 0 Å². The van der Waals surface area contributed by atoms with Crippen LogP contribution in [0.25, 0.3) is 126 Å². The first kappa shape index (κ1) is 36.5. The highest BCUT2D eigenvalue weighted by molar-refractivity contribution is 7.26. The number of para-hydroxylation sites is 1. The molecule has 1 aliphatic rings. The lowest BCUT2D eigenvalue weighted by Gasteiger charge is -2.24. The molecule has 0 atom stereocenters. The zero-order valence-corrected chi connectivity index (χ0v) is 36.5. The third-order valence-corrected chi connectivity index (χ3v) is 15.1. The highest BCUT2D eigenvalue weighted by atomic mass is 32.1. The molecule has 0 bridgehead atoms. The molecule has 4 aromatic heterocycles. The summed E-state index contributed by atoms with van der Waals surface area (Å²) in [5.41, 5.74) is 15.9. The van der Waals surface area contributed by atoms with Crippen LogP contribution in [0.4, 0.5) is 0 Å². The minimum absolute atomic E-state index is 0.253. The monoisotopic (exact) mass is 846 g/mol.